The molecule has 0 aliphatic carbocycles. The zero-order valence-electron chi connectivity index (χ0n) is 13.4. The molecular weight excluding hydrogens is 344 g/mol. The van der Waals surface area contributed by atoms with Crippen LogP contribution in [0.15, 0.2) is 57.7 Å². The van der Waals surface area contributed by atoms with Gasteiger partial charge in [-0.05, 0) is 30.7 Å². The molecule has 0 spiro atoms. The molecule has 0 saturated heterocycles. The van der Waals surface area contributed by atoms with Crippen molar-refractivity contribution in [3.8, 4) is 11.3 Å². The van der Waals surface area contributed by atoms with E-state index in [2.05, 4.69) is 10.5 Å². The minimum atomic E-state index is -0.289. The van der Waals surface area contributed by atoms with Gasteiger partial charge >= 0.3 is 0 Å². The van der Waals surface area contributed by atoms with Gasteiger partial charge in [0.05, 0.1) is 6.26 Å². The van der Waals surface area contributed by atoms with Crippen LogP contribution in [0.3, 0.4) is 0 Å². The standard InChI is InChI=1S/C18H17ClN2O4/c19-14-5-1-4-13(10-14)17-11-16(21-25-17)18(22)20-7-3-8-23-12-15-6-2-9-24-15/h1-2,4-6,9-11H,3,7-8,12H2,(H,20,22). The zero-order valence-corrected chi connectivity index (χ0v) is 14.2. The average Bonchev–Trinajstić information content (AvgIpc) is 3.29. The molecule has 1 aromatic carbocycles. The van der Waals surface area contributed by atoms with Gasteiger partial charge in [0.1, 0.15) is 12.4 Å². The summed E-state index contributed by atoms with van der Waals surface area (Å²) >= 11 is 5.95. The van der Waals surface area contributed by atoms with Crippen LogP contribution in [0.4, 0.5) is 0 Å². The fourth-order valence-electron chi connectivity index (χ4n) is 2.19. The quantitative estimate of drug-likeness (QED) is 0.616. The Labute approximate surface area is 149 Å². The Balaban J connectivity index is 1.41. The van der Waals surface area contributed by atoms with Crippen molar-refractivity contribution in [2.75, 3.05) is 13.2 Å². The molecule has 0 aliphatic heterocycles. The van der Waals surface area contributed by atoms with Gasteiger partial charge in [-0.2, -0.15) is 0 Å². The summed E-state index contributed by atoms with van der Waals surface area (Å²) in [7, 11) is 0. The lowest BCUT2D eigenvalue weighted by atomic mass is 10.1. The average molecular weight is 361 g/mol. The van der Waals surface area contributed by atoms with Crippen LogP contribution in [0, 0.1) is 0 Å². The summed E-state index contributed by atoms with van der Waals surface area (Å²) < 4.78 is 15.8. The van der Waals surface area contributed by atoms with Gasteiger partial charge in [-0.1, -0.05) is 28.9 Å². The van der Waals surface area contributed by atoms with Gasteiger partial charge in [0.2, 0.25) is 0 Å². The summed E-state index contributed by atoms with van der Waals surface area (Å²) in [6.07, 6.45) is 2.29. The third kappa shape index (κ3) is 4.95. The van der Waals surface area contributed by atoms with Crippen LogP contribution in [-0.2, 0) is 11.3 Å². The van der Waals surface area contributed by atoms with Crippen molar-refractivity contribution in [1.82, 2.24) is 10.5 Å². The van der Waals surface area contributed by atoms with E-state index in [1.807, 2.05) is 24.3 Å². The minimum absolute atomic E-state index is 0.228. The number of rotatable bonds is 8. The molecule has 2 aromatic heterocycles. The van der Waals surface area contributed by atoms with Crippen LogP contribution in [-0.4, -0.2) is 24.2 Å². The molecule has 0 atom stereocenters. The summed E-state index contributed by atoms with van der Waals surface area (Å²) in [5.74, 6) is 0.984. The zero-order chi connectivity index (χ0) is 17.5. The topological polar surface area (TPSA) is 77.5 Å². The summed E-state index contributed by atoms with van der Waals surface area (Å²) in [6.45, 7) is 1.43. The minimum Gasteiger partial charge on any atom is -0.467 e. The first kappa shape index (κ1) is 17.3. The van der Waals surface area contributed by atoms with E-state index in [-0.39, 0.29) is 11.6 Å². The fraction of sp³-hybridized carbons (Fsp3) is 0.222. The van der Waals surface area contributed by atoms with Crippen LogP contribution in [0.25, 0.3) is 11.3 Å². The Morgan fingerprint density at radius 1 is 1.24 bits per heavy atom. The summed E-state index contributed by atoms with van der Waals surface area (Å²) in [5, 5.41) is 7.17. The lowest BCUT2D eigenvalue weighted by Gasteiger charge is -2.03. The third-order valence-corrected chi connectivity index (χ3v) is 3.66. The number of furan rings is 1. The number of hydrogen-bond donors (Lipinski definition) is 1. The van der Waals surface area contributed by atoms with Crippen LogP contribution in [0.2, 0.25) is 5.02 Å². The van der Waals surface area contributed by atoms with Crippen molar-refractivity contribution >= 4 is 17.5 Å². The molecule has 0 radical (unpaired) electrons. The van der Waals surface area contributed by atoms with Gasteiger partial charge in [-0.15, -0.1) is 0 Å². The molecule has 3 rings (SSSR count). The van der Waals surface area contributed by atoms with Gasteiger partial charge < -0.3 is 19.0 Å². The number of carbonyl (C=O) groups excluding carboxylic acids is 1. The molecule has 1 amide bonds. The Bertz CT molecular complexity index is 814. The number of hydrogen-bond acceptors (Lipinski definition) is 5. The molecule has 7 heteroatoms. The van der Waals surface area contributed by atoms with Crippen molar-refractivity contribution < 1.29 is 18.5 Å². The number of benzene rings is 1. The fourth-order valence-corrected chi connectivity index (χ4v) is 2.38. The molecule has 6 nitrogen and oxygen atoms in total. The molecule has 130 valence electrons. The Morgan fingerprint density at radius 3 is 2.96 bits per heavy atom. The van der Waals surface area contributed by atoms with Crippen molar-refractivity contribution in [3.05, 3.63) is 65.2 Å². The molecular formula is C18H17ClN2O4. The lowest BCUT2D eigenvalue weighted by molar-refractivity contribution is 0.0910. The van der Waals surface area contributed by atoms with Gasteiger partial charge in [0.25, 0.3) is 5.91 Å². The number of halogens is 1. The van der Waals surface area contributed by atoms with Crippen LogP contribution < -0.4 is 5.32 Å². The first-order valence-corrected chi connectivity index (χ1v) is 8.21. The van der Waals surface area contributed by atoms with Crippen LogP contribution in [0.1, 0.15) is 22.7 Å². The van der Waals surface area contributed by atoms with Crippen LogP contribution >= 0.6 is 11.6 Å². The van der Waals surface area contributed by atoms with Gasteiger partial charge in [0, 0.05) is 29.8 Å². The van der Waals surface area contributed by atoms with E-state index in [1.165, 1.54) is 0 Å². The van der Waals surface area contributed by atoms with Crippen molar-refractivity contribution in [3.63, 3.8) is 0 Å². The molecule has 0 aliphatic rings. The summed E-state index contributed by atoms with van der Waals surface area (Å²) in [4.78, 5) is 12.1. The van der Waals surface area contributed by atoms with Crippen molar-refractivity contribution in [1.29, 1.82) is 0 Å². The normalized spacial score (nSPS) is 10.8. The van der Waals surface area contributed by atoms with E-state index in [9.17, 15) is 4.79 Å². The number of nitrogens with zero attached hydrogens (tertiary/aromatic N) is 1. The number of nitrogens with one attached hydrogen (secondary N) is 1. The van der Waals surface area contributed by atoms with Crippen molar-refractivity contribution in [2.24, 2.45) is 0 Å². The number of carbonyl (C=O) groups is 1. The van der Waals surface area contributed by atoms with Gasteiger partial charge in [-0.25, -0.2) is 0 Å². The maximum absolute atomic E-state index is 12.1. The molecule has 1 N–H and O–H groups in total. The van der Waals surface area contributed by atoms with E-state index in [0.717, 1.165) is 11.3 Å². The molecule has 0 fully saturated rings. The molecule has 0 unspecified atom stereocenters. The summed E-state index contributed by atoms with van der Waals surface area (Å²) in [6, 6.07) is 12.4. The largest absolute Gasteiger partial charge is 0.467 e. The number of ether oxygens (including phenoxy) is 1. The van der Waals surface area contributed by atoms with E-state index < -0.39 is 0 Å². The van der Waals surface area contributed by atoms with Crippen molar-refractivity contribution in [2.45, 2.75) is 13.0 Å². The molecule has 0 bridgehead atoms. The van der Waals surface area contributed by atoms with E-state index in [1.54, 1.807) is 24.5 Å². The molecule has 3 aromatic rings. The second-order valence-corrected chi connectivity index (χ2v) is 5.76. The highest BCUT2D eigenvalue weighted by atomic mass is 35.5. The number of aromatic nitrogens is 1. The predicted octanol–water partition coefficient (Wildman–Crippen LogP) is 3.92. The second-order valence-electron chi connectivity index (χ2n) is 5.33. The number of amides is 1. The van der Waals surface area contributed by atoms with Gasteiger partial charge in [0.15, 0.2) is 11.5 Å². The maximum Gasteiger partial charge on any atom is 0.273 e. The van der Waals surface area contributed by atoms with Crippen LogP contribution in [0.5, 0.6) is 0 Å². The second kappa shape index (κ2) is 8.50. The van der Waals surface area contributed by atoms with E-state index >= 15 is 0 Å². The smallest absolute Gasteiger partial charge is 0.273 e. The Hall–Kier alpha value is -2.57. The summed E-state index contributed by atoms with van der Waals surface area (Å²) in [5.41, 5.74) is 0.997. The first-order chi connectivity index (χ1) is 12.2. The van der Waals surface area contributed by atoms with Gasteiger partial charge in [-0.3, -0.25) is 4.79 Å². The van der Waals surface area contributed by atoms with E-state index in [4.69, 9.17) is 25.3 Å². The highest BCUT2D eigenvalue weighted by molar-refractivity contribution is 6.30. The predicted molar refractivity (Wildman–Crippen MR) is 92.3 cm³/mol. The lowest BCUT2D eigenvalue weighted by Crippen LogP contribution is -2.25. The highest BCUT2D eigenvalue weighted by Crippen LogP contribution is 2.23. The molecule has 0 saturated carbocycles. The SMILES string of the molecule is O=C(NCCCOCc1ccco1)c1cc(-c2cccc(Cl)c2)on1. The molecule has 2 heterocycles. The Morgan fingerprint density at radius 2 is 2.16 bits per heavy atom. The Kier molecular flexibility index (Phi) is 5.87. The first-order valence-electron chi connectivity index (χ1n) is 7.83. The van der Waals surface area contributed by atoms with E-state index in [0.29, 0.717) is 37.0 Å². The third-order valence-electron chi connectivity index (χ3n) is 3.43. The highest BCUT2D eigenvalue weighted by Gasteiger charge is 2.13. The maximum atomic E-state index is 12.1. The molecule has 25 heavy (non-hydrogen) atoms. The monoisotopic (exact) mass is 360 g/mol.